The molecule has 0 radical (unpaired) electrons. The topological polar surface area (TPSA) is 45.6 Å². The molecule has 1 heterocycles. The lowest BCUT2D eigenvalue weighted by Crippen LogP contribution is -2.23. The summed E-state index contributed by atoms with van der Waals surface area (Å²) in [5, 5.41) is 7.52. The molecule has 2 rings (SSSR count). The molecule has 2 N–H and O–H groups in total. The van der Waals surface area contributed by atoms with Crippen LogP contribution in [-0.4, -0.2) is 18.4 Å². The molecule has 0 saturated carbocycles. The van der Waals surface area contributed by atoms with Gasteiger partial charge in [-0.25, -0.2) is 0 Å². The van der Waals surface area contributed by atoms with Crippen molar-refractivity contribution >= 4 is 56.5 Å². The number of thiophene rings is 1. The average Bonchev–Trinajstić information content (AvgIpc) is 2.84. The Labute approximate surface area is 135 Å². The molecule has 0 spiro atoms. The van der Waals surface area contributed by atoms with Crippen molar-refractivity contribution in [2.45, 2.75) is 0 Å². The monoisotopic (exact) mass is 369 g/mol. The number of nitrogens with zero attached hydrogens (tertiary/aromatic N) is 1. The van der Waals surface area contributed by atoms with Gasteiger partial charge < -0.3 is 10.1 Å². The van der Waals surface area contributed by atoms with Gasteiger partial charge >= 0.3 is 0 Å². The van der Waals surface area contributed by atoms with E-state index in [1.54, 1.807) is 24.7 Å². The smallest absolute Gasteiger partial charge is 0.191 e. The van der Waals surface area contributed by atoms with Crippen molar-refractivity contribution < 1.29 is 4.74 Å². The van der Waals surface area contributed by atoms with Crippen LogP contribution in [0.1, 0.15) is 4.88 Å². The number of nitrogens with one attached hydrogen (secondary N) is 2. The SMILES string of the molecule is COc1cccc(NC(=S)N/N=C\c2ccc(Br)s2)c1. The maximum absolute atomic E-state index is 5.15. The first-order chi connectivity index (χ1) is 9.67. The van der Waals surface area contributed by atoms with E-state index in [4.69, 9.17) is 17.0 Å². The number of thiocarbonyl (C=S) groups is 1. The van der Waals surface area contributed by atoms with Gasteiger partial charge in [-0.1, -0.05) is 6.07 Å². The largest absolute Gasteiger partial charge is 0.497 e. The highest BCUT2D eigenvalue weighted by molar-refractivity contribution is 9.11. The molecule has 0 bridgehead atoms. The molecule has 0 aliphatic carbocycles. The van der Waals surface area contributed by atoms with Crippen LogP contribution in [0.3, 0.4) is 0 Å². The van der Waals surface area contributed by atoms with Gasteiger partial charge in [-0.05, 0) is 52.4 Å². The molecule has 1 aromatic carbocycles. The molecule has 0 unspecified atom stereocenters. The molecule has 4 nitrogen and oxygen atoms in total. The van der Waals surface area contributed by atoms with Crippen LogP contribution in [0.25, 0.3) is 0 Å². The quantitative estimate of drug-likeness (QED) is 0.488. The molecule has 104 valence electrons. The summed E-state index contributed by atoms with van der Waals surface area (Å²) >= 11 is 10.1. The van der Waals surface area contributed by atoms with Crippen molar-refractivity contribution in [2.24, 2.45) is 5.10 Å². The molecular weight excluding hydrogens is 358 g/mol. The fourth-order valence-electron chi connectivity index (χ4n) is 1.41. The second-order valence-electron chi connectivity index (χ2n) is 3.70. The van der Waals surface area contributed by atoms with Gasteiger partial charge in [0.15, 0.2) is 5.11 Å². The van der Waals surface area contributed by atoms with E-state index in [2.05, 4.69) is 31.8 Å². The van der Waals surface area contributed by atoms with Crippen LogP contribution in [0.2, 0.25) is 0 Å². The Morgan fingerprint density at radius 3 is 2.95 bits per heavy atom. The summed E-state index contributed by atoms with van der Waals surface area (Å²) in [4.78, 5) is 1.04. The minimum Gasteiger partial charge on any atom is -0.497 e. The first-order valence-corrected chi connectivity index (χ1v) is 7.68. The molecule has 7 heteroatoms. The Bertz CT molecular complexity index is 628. The standard InChI is InChI=1S/C13H12BrN3OS2/c1-18-10-4-2-3-9(7-10)16-13(19)17-15-8-11-5-6-12(14)20-11/h2-8H,1H3,(H2,16,17,19)/b15-8-. The highest BCUT2D eigenvalue weighted by atomic mass is 79.9. The van der Waals surface area contributed by atoms with E-state index in [0.717, 1.165) is 20.1 Å². The zero-order valence-electron chi connectivity index (χ0n) is 10.6. The zero-order chi connectivity index (χ0) is 14.4. The number of ether oxygens (including phenoxy) is 1. The molecule has 0 saturated heterocycles. The Morgan fingerprint density at radius 2 is 2.25 bits per heavy atom. The van der Waals surface area contributed by atoms with Gasteiger partial charge in [0.25, 0.3) is 0 Å². The number of rotatable bonds is 4. The van der Waals surface area contributed by atoms with Crippen LogP contribution in [0.4, 0.5) is 5.69 Å². The average molecular weight is 370 g/mol. The maximum atomic E-state index is 5.15. The van der Waals surface area contributed by atoms with E-state index >= 15 is 0 Å². The molecule has 0 aliphatic heterocycles. The number of methoxy groups -OCH3 is 1. The second kappa shape index (κ2) is 7.37. The van der Waals surface area contributed by atoms with Gasteiger partial charge in [-0.15, -0.1) is 11.3 Å². The lowest BCUT2D eigenvalue weighted by molar-refractivity contribution is 0.415. The van der Waals surface area contributed by atoms with Crippen molar-refractivity contribution in [3.05, 3.63) is 45.1 Å². The van der Waals surface area contributed by atoms with Gasteiger partial charge in [0.2, 0.25) is 0 Å². The fraction of sp³-hybridized carbons (Fsp3) is 0.0769. The van der Waals surface area contributed by atoms with E-state index in [0.29, 0.717) is 5.11 Å². The summed E-state index contributed by atoms with van der Waals surface area (Å²) in [6, 6.07) is 11.5. The number of anilines is 1. The van der Waals surface area contributed by atoms with Gasteiger partial charge in [0, 0.05) is 16.6 Å². The molecule has 0 atom stereocenters. The van der Waals surface area contributed by atoms with Crippen LogP contribution in [-0.2, 0) is 0 Å². The minimum atomic E-state index is 0.421. The maximum Gasteiger partial charge on any atom is 0.191 e. The van der Waals surface area contributed by atoms with E-state index in [1.807, 2.05) is 36.4 Å². The third kappa shape index (κ3) is 4.59. The van der Waals surface area contributed by atoms with Crippen molar-refractivity contribution in [3.63, 3.8) is 0 Å². The predicted octanol–water partition coefficient (Wildman–Crippen LogP) is 3.84. The number of hydrogen-bond donors (Lipinski definition) is 2. The van der Waals surface area contributed by atoms with Crippen molar-refractivity contribution in [1.82, 2.24) is 5.43 Å². The number of benzene rings is 1. The van der Waals surface area contributed by atoms with Gasteiger partial charge in [-0.2, -0.15) is 5.10 Å². The first-order valence-electron chi connectivity index (χ1n) is 5.67. The van der Waals surface area contributed by atoms with Crippen LogP contribution in [0, 0.1) is 0 Å². The normalized spacial score (nSPS) is 10.5. The summed E-state index contributed by atoms with van der Waals surface area (Å²) in [6.07, 6.45) is 1.72. The molecule has 0 fully saturated rings. The Balaban J connectivity index is 1.87. The van der Waals surface area contributed by atoms with Gasteiger partial charge in [0.05, 0.1) is 17.1 Å². The lowest BCUT2D eigenvalue weighted by Gasteiger charge is -2.08. The Morgan fingerprint density at radius 1 is 1.40 bits per heavy atom. The molecule has 0 aliphatic rings. The molecule has 1 aromatic heterocycles. The zero-order valence-corrected chi connectivity index (χ0v) is 13.8. The third-order valence-electron chi connectivity index (χ3n) is 2.28. The van der Waals surface area contributed by atoms with E-state index in [1.165, 1.54) is 0 Å². The highest BCUT2D eigenvalue weighted by Gasteiger charge is 1.98. The fourth-order valence-corrected chi connectivity index (χ4v) is 2.88. The summed E-state index contributed by atoms with van der Waals surface area (Å²) in [7, 11) is 1.62. The van der Waals surface area contributed by atoms with Crippen LogP contribution < -0.4 is 15.5 Å². The lowest BCUT2D eigenvalue weighted by atomic mass is 10.3. The number of hydrazone groups is 1. The Hall–Kier alpha value is -1.44. The van der Waals surface area contributed by atoms with E-state index < -0.39 is 0 Å². The molecule has 20 heavy (non-hydrogen) atoms. The molecule has 2 aromatic rings. The van der Waals surface area contributed by atoms with Crippen molar-refractivity contribution in [3.8, 4) is 5.75 Å². The van der Waals surface area contributed by atoms with Gasteiger partial charge in [0.1, 0.15) is 5.75 Å². The van der Waals surface area contributed by atoms with Crippen LogP contribution in [0.15, 0.2) is 45.3 Å². The van der Waals surface area contributed by atoms with Crippen LogP contribution in [0.5, 0.6) is 5.75 Å². The number of hydrogen-bond acceptors (Lipinski definition) is 4. The van der Waals surface area contributed by atoms with E-state index in [-0.39, 0.29) is 0 Å². The highest BCUT2D eigenvalue weighted by Crippen LogP contribution is 2.20. The summed E-state index contributed by atoms with van der Waals surface area (Å²) in [5.41, 5.74) is 3.61. The van der Waals surface area contributed by atoms with Crippen molar-refractivity contribution in [2.75, 3.05) is 12.4 Å². The minimum absolute atomic E-state index is 0.421. The number of halogens is 1. The van der Waals surface area contributed by atoms with E-state index in [9.17, 15) is 0 Å². The summed E-state index contributed by atoms with van der Waals surface area (Å²) in [5.74, 6) is 0.768. The first kappa shape index (κ1) is 15.0. The summed E-state index contributed by atoms with van der Waals surface area (Å²) in [6.45, 7) is 0. The second-order valence-corrected chi connectivity index (χ2v) is 6.60. The van der Waals surface area contributed by atoms with Gasteiger partial charge in [-0.3, -0.25) is 5.43 Å². The predicted molar refractivity (Wildman–Crippen MR) is 92.0 cm³/mol. The molecular formula is C13H12BrN3OS2. The molecule has 0 amide bonds. The Kier molecular flexibility index (Phi) is 5.51. The third-order valence-corrected chi connectivity index (χ3v) is 4.03. The van der Waals surface area contributed by atoms with Crippen molar-refractivity contribution in [1.29, 1.82) is 0 Å². The van der Waals surface area contributed by atoms with Crippen LogP contribution >= 0.6 is 39.5 Å². The summed E-state index contributed by atoms with van der Waals surface area (Å²) < 4.78 is 6.21.